The van der Waals surface area contributed by atoms with Crippen molar-refractivity contribution in [2.75, 3.05) is 0 Å². The summed E-state index contributed by atoms with van der Waals surface area (Å²) in [6.45, 7) is 2.13. The molecule has 4 heteroatoms. The minimum absolute atomic E-state index is 0.280. The van der Waals surface area contributed by atoms with E-state index in [0.717, 1.165) is 0 Å². The predicted molar refractivity (Wildman–Crippen MR) is 66.9 cm³/mol. The number of halogens is 1. The summed E-state index contributed by atoms with van der Waals surface area (Å²) in [5.41, 5.74) is 3.14. The van der Waals surface area contributed by atoms with Crippen LogP contribution in [0.25, 0.3) is 0 Å². The molecule has 0 spiro atoms. The Hall–Kier alpha value is 0.1000. The van der Waals surface area contributed by atoms with Crippen molar-refractivity contribution < 1.29 is 4.84 Å². The van der Waals surface area contributed by atoms with E-state index in [-0.39, 0.29) is 6.04 Å². The van der Waals surface area contributed by atoms with Crippen LogP contribution in [0, 0.1) is 0 Å². The second kappa shape index (κ2) is 5.43. The molecule has 1 aromatic rings. The van der Waals surface area contributed by atoms with Gasteiger partial charge in [-0.15, -0.1) is 11.3 Å². The molecule has 1 atom stereocenters. The van der Waals surface area contributed by atoms with E-state index >= 15 is 0 Å². The van der Waals surface area contributed by atoms with Gasteiger partial charge in [0.25, 0.3) is 0 Å². The van der Waals surface area contributed by atoms with Crippen molar-refractivity contribution in [1.82, 2.24) is 5.48 Å². The van der Waals surface area contributed by atoms with Gasteiger partial charge in [0.1, 0.15) is 0 Å². The Morgan fingerprint density at radius 2 is 2.20 bits per heavy atom. The fraction of sp³-hybridized carbons (Fsp3) is 0.636. The molecule has 1 heterocycles. The van der Waals surface area contributed by atoms with E-state index in [1.54, 1.807) is 11.3 Å². The molecule has 2 nitrogen and oxygen atoms in total. The number of hydroxylamine groups is 1. The van der Waals surface area contributed by atoms with Crippen molar-refractivity contribution >= 4 is 27.3 Å². The average molecular weight is 290 g/mol. The van der Waals surface area contributed by atoms with Crippen molar-refractivity contribution in [3.05, 3.63) is 20.8 Å². The fourth-order valence-corrected chi connectivity index (χ4v) is 3.24. The quantitative estimate of drug-likeness (QED) is 0.845. The number of nitrogens with one attached hydrogen (secondary N) is 1. The van der Waals surface area contributed by atoms with E-state index in [1.165, 1.54) is 34.3 Å². The molecule has 1 aliphatic rings. The van der Waals surface area contributed by atoms with Crippen LogP contribution in [0.15, 0.2) is 15.9 Å². The van der Waals surface area contributed by atoms with E-state index in [4.69, 9.17) is 4.84 Å². The van der Waals surface area contributed by atoms with Gasteiger partial charge in [0, 0.05) is 4.88 Å². The molecule has 1 saturated carbocycles. The zero-order chi connectivity index (χ0) is 10.7. The third kappa shape index (κ3) is 3.28. The maximum absolute atomic E-state index is 5.67. The fourth-order valence-electron chi connectivity index (χ4n) is 1.82. The van der Waals surface area contributed by atoms with E-state index < -0.39 is 0 Å². The molecule has 0 amide bonds. The normalized spacial score (nSPS) is 19.6. The lowest BCUT2D eigenvalue weighted by Crippen LogP contribution is -2.24. The van der Waals surface area contributed by atoms with Gasteiger partial charge in [-0.1, -0.05) is 12.8 Å². The highest BCUT2D eigenvalue weighted by Gasteiger charge is 2.17. The van der Waals surface area contributed by atoms with Gasteiger partial charge in [0.2, 0.25) is 0 Å². The molecule has 84 valence electrons. The third-order valence-corrected chi connectivity index (χ3v) is 4.54. The molecule has 0 bridgehead atoms. The Balaban J connectivity index is 1.79. The van der Waals surface area contributed by atoms with Crippen LogP contribution in [0.5, 0.6) is 0 Å². The summed E-state index contributed by atoms with van der Waals surface area (Å²) in [5, 5.41) is 0. The van der Waals surface area contributed by atoms with Crippen molar-refractivity contribution in [3.63, 3.8) is 0 Å². The summed E-state index contributed by atoms with van der Waals surface area (Å²) in [6, 6.07) is 4.49. The van der Waals surface area contributed by atoms with Crippen LogP contribution in [0.2, 0.25) is 0 Å². The second-order valence-electron chi connectivity index (χ2n) is 4.01. The van der Waals surface area contributed by atoms with E-state index in [2.05, 4.69) is 40.5 Å². The van der Waals surface area contributed by atoms with Gasteiger partial charge in [-0.25, -0.2) is 0 Å². The standard InChI is InChI=1S/C11H16BrNOS/c1-8(10-6-7-11(12)15-10)13-14-9-4-2-3-5-9/h6-9,13H,2-5H2,1H3. The van der Waals surface area contributed by atoms with Crippen LogP contribution in [-0.2, 0) is 4.84 Å². The molecule has 1 unspecified atom stereocenters. The lowest BCUT2D eigenvalue weighted by Gasteiger charge is -2.16. The highest BCUT2D eigenvalue weighted by atomic mass is 79.9. The first-order chi connectivity index (χ1) is 7.25. The molecule has 15 heavy (non-hydrogen) atoms. The first-order valence-corrected chi connectivity index (χ1v) is 7.03. The Morgan fingerprint density at radius 3 is 2.80 bits per heavy atom. The van der Waals surface area contributed by atoms with Gasteiger partial charge < -0.3 is 0 Å². The van der Waals surface area contributed by atoms with Crippen molar-refractivity contribution in [3.8, 4) is 0 Å². The molecule has 2 rings (SSSR count). The molecule has 0 aliphatic heterocycles. The summed E-state index contributed by atoms with van der Waals surface area (Å²) in [6.07, 6.45) is 5.45. The van der Waals surface area contributed by atoms with Gasteiger partial charge in [0.15, 0.2) is 0 Å². The van der Waals surface area contributed by atoms with Crippen LogP contribution < -0.4 is 5.48 Å². The highest BCUT2D eigenvalue weighted by molar-refractivity contribution is 9.11. The predicted octanol–water partition coefficient (Wildman–Crippen LogP) is 4.04. The minimum Gasteiger partial charge on any atom is -0.298 e. The van der Waals surface area contributed by atoms with Crippen molar-refractivity contribution in [2.45, 2.75) is 44.8 Å². The van der Waals surface area contributed by atoms with Crippen molar-refractivity contribution in [1.29, 1.82) is 0 Å². The van der Waals surface area contributed by atoms with E-state index in [9.17, 15) is 0 Å². The SMILES string of the molecule is CC(NOC1CCCC1)c1ccc(Br)s1. The first kappa shape index (κ1) is 11.6. The number of hydrogen-bond acceptors (Lipinski definition) is 3. The third-order valence-electron chi connectivity index (χ3n) is 2.73. The molecule has 0 aromatic carbocycles. The lowest BCUT2D eigenvalue weighted by molar-refractivity contribution is -0.0371. The Morgan fingerprint density at radius 1 is 1.47 bits per heavy atom. The number of thiophene rings is 1. The maximum Gasteiger partial charge on any atom is 0.0790 e. The Bertz CT molecular complexity index is 309. The van der Waals surface area contributed by atoms with Crippen LogP contribution in [-0.4, -0.2) is 6.10 Å². The second-order valence-corrected chi connectivity index (χ2v) is 6.50. The summed E-state index contributed by atoms with van der Waals surface area (Å²) in [7, 11) is 0. The number of hydrogen-bond donors (Lipinski definition) is 1. The summed E-state index contributed by atoms with van der Waals surface area (Å²) in [4.78, 5) is 6.98. The van der Waals surface area contributed by atoms with Gasteiger partial charge in [0.05, 0.1) is 15.9 Å². The van der Waals surface area contributed by atoms with Gasteiger partial charge in [-0.2, -0.15) is 5.48 Å². The largest absolute Gasteiger partial charge is 0.298 e. The van der Waals surface area contributed by atoms with Gasteiger partial charge >= 0.3 is 0 Å². The monoisotopic (exact) mass is 289 g/mol. The first-order valence-electron chi connectivity index (χ1n) is 5.42. The molecule has 0 radical (unpaired) electrons. The van der Waals surface area contributed by atoms with Gasteiger partial charge in [-0.3, -0.25) is 4.84 Å². The van der Waals surface area contributed by atoms with Crippen LogP contribution in [0.4, 0.5) is 0 Å². The molecular formula is C11H16BrNOS. The zero-order valence-corrected chi connectivity index (χ0v) is 11.2. The molecular weight excluding hydrogens is 274 g/mol. The van der Waals surface area contributed by atoms with Crippen LogP contribution >= 0.6 is 27.3 Å². The molecule has 0 saturated heterocycles. The number of rotatable bonds is 4. The summed E-state index contributed by atoms with van der Waals surface area (Å²) in [5.74, 6) is 0. The molecule has 1 N–H and O–H groups in total. The Kier molecular flexibility index (Phi) is 4.20. The topological polar surface area (TPSA) is 21.3 Å². The lowest BCUT2D eigenvalue weighted by atomic mass is 10.3. The molecule has 1 aromatic heterocycles. The highest BCUT2D eigenvalue weighted by Crippen LogP contribution is 2.27. The van der Waals surface area contributed by atoms with Crippen LogP contribution in [0.1, 0.15) is 43.5 Å². The zero-order valence-electron chi connectivity index (χ0n) is 8.83. The minimum atomic E-state index is 0.280. The molecule has 1 aliphatic carbocycles. The summed E-state index contributed by atoms with van der Waals surface area (Å²) >= 11 is 5.22. The smallest absolute Gasteiger partial charge is 0.0790 e. The average Bonchev–Trinajstić information content (AvgIpc) is 2.84. The van der Waals surface area contributed by atoms with Crippen LogP contribution in [0.3, 0.4) is 0 Å². The van der Waals surface area contributed by atoms with E-state index in [1.807, 2.05) is 0 Å². The Labute approximate surface area is 103 Å². The summed E-state index contributed by atoms with van der Waals surface area (Å²) < 4.78 is 1.17. The van der Waals surface area contributed by atoms with Gasteiger partial charge in [-0.05, 0) is 47.8 Å². The maximum atomic E-state index is 5.67. The molecule has 1 fully saturated rings. The van der Waals surface area contributed by atoms with E-state index in [0.29, 0.717) is 6.10 Å². The van der Waals surface area contributed by atoms with Crippen molar-refractivity contribution in [2.24, 2.45) is 0 Å².